The number of hydrogen-bond acceptors (Lipinski definition) is 3. The van der Waals surface area contributed by atoms with Crippen LogP contribution in [0.3, 0.4) is 0 Å². The van der Waals surface area contributed by atoms with Crippen LogP contribution in [0.4, 0.5) is 0 Å². The highest BCUT2D eigenvalue weighted by atomic mass is 32.2. The van der Waals surface area contributed by atoms with Gasteiger partial charge in [0.25, 0.3) is 0 Å². The van der Waals surface area contributed by atoms with Gasteiger partial charge in [-0.1, -0.05) is 18.2 Å². The lowest BCUT2D eigenvalue weighted by Crippen LogP contribution is -2.37. The van der Waals surface area contributed by atoms with Crippen molar-refractivity contribution >= 4 is 9.84 Å². The molecule has 0 radical (unpaired) electrons. The largest absolute Gasteiger partial charge is 0.387 e. The van der Waals surface area contributed by atoms with Crippen LogP contribution in [0.15, 0.2) is 18.2 Å². The Morgan fingerprint density at radius 3 is 2.12 bits per heavy atom. The lowest BCUT2D eigenvalue weighted by Gasteiger charge is -2.29. The Labute approximate surface area is 103 Å². The van der Waals surface area contributed by atoms with Gasteiger partial charge in [-0.3, -0.25) is 0 Å². The molecule has 0 fully saturated rings. The predicted molar refractivity (Wildman–Crippen MR) is 69.8 cm³/mol. The van der Waals surface area contributed by atoms with Gasteiger partial charge in [-0.2, -0.15) is 0 Å². The molecule has 0 heterocycles. The Morgan fingerprint density at radius 1 is 1.18 bits per heavy atom. The molecule has 0 aliphatic carbocycles. The van der Waals surface area contributed by atoms with Gasteiger partial charge in [0.15, 0.2) is 9.84 Å². The Kier molecular flexibility index (Phi) is 3.69. The summed E-state index contributed by atoms with van der Waals surface area (Å²) < 4.78 is 22.1. The van der Waals surface area contributed by atoms with Crippen molar-refractivity contribution in [1.82, 2.24) is 0 Å². The van der Waals surface area contributed by atoms with Gasteiger partial charge in [0.05, 0.1) is 10.9 Å². The van der Waals surface area contributed by atoms with Crippen LogP contribution in [0.25, 0.3) is 0 Å². The van der Waals surface area contributed by atoms with Gasteiger partial charge in [-0.05, 0) is 44.4 Å². The maximum Gasteiger partial charge on any atom is 0.155 e. The Morgan fingerprint density at radius 2 is 1.71 bits per heavy atom. The fraction of sp³-hybridized carbons (Fsp3) is 0.538. The highest BCUT2D eigenvalue weighted by Crippen LogP contribution is 2.32. The van der Waals surface area contributed by atoms with Crippen LogP contribution in [0.2, 0.25) is 0 Å². The Balaban J connectivity index is 3.21. The fourth-order valence-electron chi connectivity index (χ4n) is 1.54. The summed E-state index contributed by atoms with van der Waals surface area (Å²) >= 11 is 0. The summed E-state index contributed by atoms with van der Waals surface area (Å²) in [5, 5.41) is 10.2. The van der Waals surface area contributed by atoms with Crippen LogP contribution in [-0.4, -0.2) is 24.5 Å². The zero-order chi connectivity index (χ0) is 13.4. The Bertz CT molecular complexity index is 515. The number of rotatable bonds is 3. The van der Waals surface area contributed by atoms with E-state index in [0.29, 0.717) is 5.56 Å². The second kappa shape index (κ2) is 4.42. The van der Waals surface area contributed by atoms with E-state index >= 15 is 0 Å². The standard InChI is InChI=1S/C13H20O3S/c1-9-6-7-11(8-10(9)2)12(14)13(3,4)17(5,15)16/h6-8,12,14H,1-5H3. The molecule has 1 atom stereocenters. The molecule has 1 aromatic carbocycles. The first-order chi connectivity index (χ1) is 7.57. The normalized spacial score (nSPS) is 14.7. The molecule has 0 aliphatic heterocycles. The number of aliphatic hydroxyl groups is 1. The summed E-state index contributed by atoms with van der Waals surface area (Å²) in [5.41, 5.74) is 2.81. The van der Waals surface area contributed by atoms with E-state index in [1.165, 1.54) is 0 Å². The average molecular weight is 256 g/mol. The SMILES string of the molecule is Cc1ccc(C(O)C(C)(C)S(C)(=O)=O)cc1C. The van der Waals surface area contributed by atoms with Crippen LogP contribution in [0.5, 0.6) is 0 Å². The van der Waals surface area contributed by atoms with Gasteiger partial charge >= 0.3 is 0 Å². The molecule has 0 amide bonds. The maximum atomic E-state index is 11.7. The van der Waals surface area contributed by atoms with E-state index in [1.807, 2.05) is 26.0 Å². The third kappa shape index (κ3) is 2.69. The summed E-state index contributed by atoms with van der Waals surface area (Å²) in [6.07, 6.45) is 0.133. The lowest BCUT2D eigenvalue weighted by molar-refractivity contribution is 0.139. The van der Waals surface area contributed by atoms with Crippen molar-refractivity contribution in [3.63, 3.8) is 0 Å². The van der Waals surface area contributed by atoms with Gasteiger partial charge in [0, 0.05) is 6.26 Å². The molecule has 0 aromatic heterocycles. The minimum Gasteiger partial charge on any atom is -0.387 e. The summed E-state index contributed by atoms with van der Waals surface area (Å²) in [5.74, 6) is 0. The number of benzene rings is 1. The molecule has 1 rings (SSSR count). The lowest BCUT2D eigenvalue weighted by atomic mass is 9.95. The third-order valence-corrected chi connectivity index (χ3v) is 5.60. The quantitative estimate of drug-likeness (QED) is 0.901. The van der Waals surface area contributed by atoms with Crippen molar-refractivity contribution in [2.45, 2.75) is 38.5 Å². The number of aliphatic hydroxyl groups excluding tert-OH is 1. The van der Waals surface area contributed by atoms with Gasteiger partial charge in [0.1, 0.15) is 0 Å². The molecule has 17 heavy (non-hydrogen) atoms. The molecule has 3 nitrogen and oxygen atoms in total. The highest BCUT2D eigenvalue weighted by Gasteiger charge is 2.38. The molecule has 1 aromatic rings. The number of sulfone groups is 1. The second-order valence-corrected chi connectivity index (χ2v) is 7.72. The molecular formula is C13H20O3S. The van der Waals surface area contributed by atoms with E-state index < -0.39 is 20.7 Å². The first kappa shape index (κ1) is 14.2. The summed E-state index contributed by atoms with van der Waals surface area (Å²) in [4.78, 5) is 0. The van der Waals surface area contributed by atoms with Crippen molar-refractivity contribution in [2.75, 3.05) is 6.26 Å². The van der Waals surface area contributed by atoms with E-state index in [4.69, 9.17) is 0 Å². The molecule has 0 aliphatic rings. The molecule has 1 unspecified atom stereocenters. The van der Waals surface area contributed by atoms with Crippen LogP contribution in [0, 0.1) is 13.8 Å². The van der Waals surface area contributed by atoms with Crippen LogP contribution < -0.4 is 0 Å². The Hall–Kier alpha value is -0.870. The average Bonchev–Trinajstić information content (AvgIpc) is 2.19. The first-order valence-electron chi connectivity index (χ1n) is 5.52. The summed E-state index contributed by atoms with van der Waals surface area (Å²) in [6.45, 7) is 7.01. The molecule has 0 saturated heterocycles. The first-order valence-corrected chi connectivity index (χ1v) is 7.41. The molecule has 1 N–H and O–H groups in total. The maximum absolute atomic E-state index is 11.7. The van der Waals surface area contributed by atoms with E-state index in [0.717, 1.165) is 17.4 Å². The molecule has 4 heteroatoms. The minimum absolute atomic E-state index is 0.642. The van der Waals surface area contributed by atoms with Gasteiger partial charge < -0.3 is 5.11 Å². The third-order valence-electron chi connectivity index (χ3n) is 3.46. The van der Waals surface area contributed by atoms with E-state index in [-0.39, 0.29) is 0 Å². The highest BCUT2D eigenvalue weighted by molar-refractivity contribution is 7.92. The zero-order valence-corrected chi connectivity index (χ0v) is 11.8. The van der Waals surface area contributed by atoms with E-state index in [9.17, 15) is 13.5 Å². The summed E-state index contributed by atoms with van der Waals surface area (Å²) in [7, 11) is -3.32. The van der Waals surface area contributed by atoms with Gasteiger partial charge in [0.2, 0.25) is 0 Å². The molecule has 0 saturated carbocycles. The molecular weight excluding hydrogens is 236 g/mol. The van der Waals surface area contributed by atoms with Crippen molar-refractivity contribution in [3.05, 3.63) is 34.9 Å². The van der Waals surface area contributed by atoms with E-state index in [2.05, 4.69) is 0 Å². The van der Waals surface area contributed by atoms with Gasteiger partial charge in [-0.25, -0.2) is 8.42 Å². The molecule has 0 bridgehead atoms. The monoisotopic (exact) mass is 256 g/mol. The second-order valence-electron chi connectivity index (χ2n) is 5.12. The molecule has 0 spiro atoms. The van der Waals surface area contributed by atoms with Crippen molar-refractivity contribution in [3.8, 4) is 0 Å². The van der Waals surface area contributed by atoms with Crippen molar-refractivity contribution in [1.29, 1.82) is 0 Å². The smallest absolute Gasteiger partial charge is 0.155 e. The topological polar surface area (TPSA) is 54.4 Å². The minimum atomic E-state index is -3.32. The van der Waals surface area contributed by atoms with Crippen molar-refractivity contribution in [2.24, 2.45) is 0 Å². The van der Waals surface area contributed by atoms with Crippen LogP contribution >= 0.6 is 0 Å². The van der Waals surface area contributed by atoms with Gasteiger partial charge in [-0.15, -0.1) is 0 Å². The summed E-state index contributed by atoms with van der Waals surface area (Å²) in [6, 6.07) is 5.51. The van der Waals surface area contributed by atoms with Crippen molar-refractivity contribution < 1.29 is 13.5 Å². The number of hydrogen-bond donors (Lipinski definition) is 1. The zero-order valence-electron chi connectivity index (χ0n) is 11.0. The predicted octanol–water partition coefficient (Wildman–Crippen LogP) is 2.16. The fourth-order valence-corrected chi connectivity index (χ4v) is 2.08. The van der Waals surface area contributed by atoms with Crippen LogP contribution in [0.1, 0.15) is 36.6 Å². The van der Waals surface area contributed by atoms with Crippen LogP contribution in [-0.2, 0) is 9.84 Å². The number of aryl methyl sites for hydroxylation is 2. The molecule has 96 valence electrons. The van der Waals surface area contributed by atoms with E-state index in [1.54, 1.807) is 19.9 Å².